The van der Waals surface area contributed by atoms with Crippen molar-refractivity contribution in [1.29, 1.82) is 0 Å². The van der Waals surface area contributed by atoms with Gasteiger partial charge in [-0.15, -0.1) is 32.8 Å². The Balaban J connectivity index is 1.26. The molecule has 0 aliphatic carbocycles. The molecule has 9 aromatic rings. The number of nitrogens with zero attached hydrogens (tertiary/aromatic N) is 2. The van der Waals surface area contributed by atoms with Gasteiger partial charge in [0.2, 0.25) is 0 Å². The fourth-order valence-corrected chi connectivity index (χ4v) is 13.0. The molecule has 0 saturated carbocycles. The summed E-state index contributed by atoms with van der Waals surface area (Å²) < 4.78 is 1.33. The summed E-state index contributed by atoms with van der Waals surface area (Å²) in [7, 11) is 9.70. The first-order chi connectivity index (χ1) is 32.3. The zero-order valence-corrected chi connectivity index (χ0v) is 38.3. The molecule has 0 bridgehead atoms. The molecule has 2 heterocycles. The van der Waals surface area contributed by atoms with Gasteiger partial charge in [0.05, 0.1) is 11.4 Å². The molecule has 2 aliphatic heterocycles. The average Bonchev–Trinajstić information content (AvgIpc) is 3.38. The van der Waals surface area contributed by atoms with E-state index in [1.54, 1.807) is 0 Å². The van der Waals surface area contributed by atoms with Crippen LogP contribution in [0.1, 0.15) is 33.4 Å². The molecule has 0 aromatic heterocycles. The number of benzene rings is 9. The summed E-state index contributed by atoms with van der Waals surface area (Å²) in [6.45, 7) is 0. The first-order valence-corrected chi connectivity index (χ1v) is 23.4. The molecule has 0 radical (unpaired) electrons. The van der Waals surface area contributed by atoms with Crippen LogP contribution < -0.4 is 30.6 Å². The maximum atomic E-state index is 2.42. The van der Waals surface area contributed by atoms with Gasteiger partial charge < -0.3 is 8.79 Å². The minimum absolute atomic E-state index is 0.664. The van der Waals surface area contributed by atoms with Gasteiger partial charge in [0.15, 0.2) is 0 Å². The van der Waals surface area contributed by atoms with Crippen molar-refractivity contribution in [2.75, 3.05) is 28.2 Å². The van der Waals surface area contributed by atoms with Crippen molar-refractivity contribution in [3.8, 4) is 0 Å². The number of rotatable bonds is 8. The lowest BCUT2D eigenvalue weighted by Crippen LogP contribution is -2.80. The lowest BCUT2D eigenvalue weighted by atomic mass is 9.19. The molecule has 2 aliphatic rings. The van der Waals surface area contributed by atoms with Crippen molar-refractivity contribution in [3.63, 3.8) is 0 Å². The predicted octanol–water partition coefficient (Wildman–Crippen LogP) is 11.4. The molecule has 318 valence electrons. The van der Waals surface area contributed by atoms with E-state index in [0.29, 0.717) is 8.79 Å². The van der Waals surface area contributed by atoms with Gasteiger partial charge in [-0.1, -0.05) is 242 Å². The van der Waals surface area contributed by atoms with Gasteiger partial charge in [0, 0.05) is 39.3 Å². The Morgan fingerprint density at radius 1 is 0.242 bits per heavy atom. The Morgan fingerprint density at radius 3 is 0.773 bits per heavy atom. The second-order valence-corrected chi connectivity index (χ2v) is 19.3. The molecule has 0 N–H and O–H groups in total. The van der Waals surface area contributed by atoms with E-state index in [-0.39, 0.29) is 0 Å². The molecule has 0 unspecified atom stereocenters. The molecular weight excluding hydrogens is 794 g/mol. The largest absolute Gasteiger partial charge is 0.474 e. The highest BCUT2D eigenvalue weighted by Gasteiger charge is 2.55. The van der Waals surface area contributed by atoms with E-state index in [1.165, 1.54) is 88.7 Å². The van der Waals surface area contributed by atoms with E-state index < -0.39 is 12.6 Å². The number of fused-ring (bicyclic) bond motifs is 2. The Bertz CT molecular complexity index is 2950. The summed E-state index contributed by atoms with van der Waals surface area (Å²) in [4.78, 5) is 0. The van der Waals surface area contributed by atoms with Crippen LogP contribution in [-0.4, -0.2) is 40.8 Å². The van der Waals surface area contributed by atoms with Crippen molar-refractivity contribution >= 4 is 67.9 Å². The molecule has 9 aromatic carbocycles. The highest BCUT2D eigenvalue weighted by molar-refractivity contribution is 7.17. The molecule has 4 heteroatoms. The molecule has 0 atom stereocenters. The number of hydrogen-bond donors (Lipinski definition) is 0. The number of para-hydroxylation sites is 2. The Morgan fingerprint density at radius 2 is 0.485 bits per heavy atom. The topological polar surface area (TPSA) is 0 Å². The minimum Gasteiger partial charge on any atom is -0.474 e. The minimum atomic E-state index is -1.68. The quantitative estimate of drug-likeness (QED) is 0.134. The van der Waals surface area contributed by atoms with Crippen molar-refractivity contribution in [2.45, 2.75) is 0 Å². The first-order valence-electron chi connectivity index (χ1n) is 23.4. The van der Waals surface area contributed by atoms with Crippen LogP contribution in [0.3, 0.4) is 0 Å². The summed E-state index contributed by atoms with van der Waals surface area (Å²) in [6, 6.07) is 95.5. The molecule has 0 amide bonds. The van der Waals surface area contributed by atoms with Crippen LogP contribution in [0.5, 0.6) is 0 Å². The van der Waals surface area contributed by atoms with Gasteiger partial charge in [-0.2, -0.15) is 0 Å². The second-order valence-electron chi connectivity index (χ2n) is 19.3. The average molecular weight is 849 g/mol. The van der Waals surface area contributed by atoms with Gasteiger partial charge in [-0.25, -0.2) is 0 Å². The molecule has 66 heavy (non-hydrogen) atoms. The van der Waals surface area contributed by atoms with Crippen molar-refractivity contribution in [2.24, 2.45) is 0 Å². The van der Waals surface area contributed by atoms with E-state index in [2.05, 4.69) is 283 Å². The standard InChI is InChI=1S/C62H54B2N2/c1-65(2)57-41-25-23-39-55(57)59(61(49-27-11-5-12-28-49)63(65,51-31-15-7-16-32-51)52-33-17-8-18-34-52)47-43-45-48(46-44-47)60-56-40-24-26-42-58(56)66(3,4)64(53-35-19-9-20-36-53,54-37-21-10-22-38-54)62(60)50-29-13-6-14-30-50/h5-46H,1-4H3. The maximum Gasteiger partial charge on any atom is 0.296 e. The summed E-state index contributed by atoms with van der Waals surface area (Å²) in [5, 5.41) is 0. The third kappa shape index (κ3) is 5.99. The highest BCUT2D eigenvalue weighted by atomic mass is 15.3. The summed E-state index contributed by atoms with van der Waals surface area (Å²) in [6.07, 6.45) is -3.36. The van der Waals surface area contributed by atoms with Crippen molar-refractivity contribution < 1.29 is 0 Å². The SMILES string of the molecule is C[N+]1(C)c2ccccc2C(c2ccc(C3=C(c4ccccc4)[B-](c4ccccc4)(c4ccccc4)[N+](C)(C)c4ccccc43)cc2)=C(c2ccccc2)[B-]1(c1ccccc1)c1ccccc1. The maximum absolute atomic E-state index is 2.42. The molecule has 0 fully saturated rings. The molecule has 0 spiro atoms. The lowest BCUT2D eigenvalue weighted by Gasteiger charge is -2.61. The molecule has 2 nitrogen and oxygen atoms in total. The van der Waals surface area contributed by atoms with Crippen molar-refractivity contribution in [1.82, 2.24) is 8.79 Å². The monoisotopic (exact) mass is 848 g/mol. The second kappa shape index (κ2) is 16.2. The first kappa shape index (κ1) is 41.2. The Labute approximate surface area is 391 Å². The van der Waals surface area contributed by atoms with Crippen LogP contribution in [0.25, 0.3) is 22.1 Å². The van der Waals surface area contributed by atoms with Crippen LogP contribution in [0.2, 0.25) is 0 Å². The van der Waals surface area contributed by atoms with Gasteiger partial charge in [0.1, 0.15) is 0 Å². The normalized spacial score (nSPS) is 16.5. The van der Waals surface area contributed by atoms with E-state index in [0.717, 1.165) is 0 Å². The van der Waals surface area contributed by atoms with E-state index >= 15 is 0 Å². The van der Waals surface area contributed by atoms with Gasteiger partial charge in [-0.05, 0) is 46.5 Å². The third-order valence-corrected chi connectivity index (χ3v) is 15.7. The number of quaternary nitrogens is 2. The zero-order valence-electron chi connectivity index (χ0n) is 38.3. The molecule has 11 rings (SSSR count). The predicted molar refractivity (Wildman–Crippen MR) is 287 cm³/mol. The van der Waals surface area contributed by atoms with Gasteiger partial charge in [-0.3, -0.25) is 0 Å². The van der Waals surface area contributed by atoms with E-state index in [9.17, 15) is 0 Å². The van der Waals surface area contributed by atoms with Crippen LogP contribution >= 0.6 is 0 Å². The van der Waals surface area contributed by atoms with Gasteiger partial charge >= 0.3 is 0 Å². The smallest absolute Gasteiger partial charge is 0.296 e. The van der Waals surface area contributed by atoms with E-state index in [4.69, 9.17) is 0 Å². The van der Waals surface area contributed by atoms with Gasteiger partial charge in [0.25, 0.3) is 12.6 Å². The number of hydrogen-bond acceptors (Lipinski definition) is 0. The summed E-state index contributed by atoms with van der Waals surface area (Å²) >= 11 is 0. The summed E-state index contributed by atoms with van der Waals surface area (Å²) in [5.74, 6) is 0. The summed E-state index contributed by atoms with van der Waals surface area (Å²) in [5.41, 5.74) is 20.5. The van der Waals surface area contributed by atoms with Crippen LogP contribution in [-0.2, 0) is 0 Å². The van der Waals surface area contributed by atoms with Crippen LogP contribution in [0.15, 0.2) is 255 Å². The van der Waals surface area contributed by atoms with Crippen LogP contribution in [0, 0.1) is 0 Å². The van der Waals surface area contributed by atoms with Crippen LogP contribution in [0.4, 0.5) is 11.4 Å². The Kier molecular flexibility index (Phi) is 10.1. The third-order valence-electron chi connectivity index (χ3n) is 15.7. The molecule has 0 saturated heterocycles. The zero-order chi connectivity index (χ0) is 44.9. The fraction of sp³-hybridized carbons (Fsp3) is 0.0645. The Hall–Kier alpha value is -7.49. The lowest BCUT2D eigenvalue weighted by molar-refractivity contribution is 0.610. The fourth-order valence-electron chi connectivity index (χ4n) is 13.0. The highest BCUT2D eigenvalue weighted by Crippen LogP contribution is 2.53. The molecular formula is C62H54B2N2. The van der Waals surface area contributed by atoms with Crippen molar-refractivity contribution in [3.05, 3.63) is 288 Å². The van der Waals surface area contributed by atoms with E-state index in [1.807, 2.05) is 0 Å².